The van der Waals surface area contributed by atoms with Gasteiger partial charge in [0.05, 0.1) is 12.5 Å². The van der Waals surface area contributed by atoms with Crippen LogP contribution in [0.25, 0.3) is 0 Å². The number of primary amides is 1. The molecule has 0 aliphatic carbocycles. The van der Waals surface area contributed by atoms with Crippen molar-refractivity contribution in [3.05, 3.63) is 0 Å². The van der Waals surface area contributed by atoms with Gasteiger partial charge in [-0.15, -0.1) is 0 Å². The molecule has 8 nitrogen and oxygen atoms in total. The smallest absolute Gasteiger partial charge is 0.326 e. The number of urea groups is 1. The lowest BCUT2D eigenvalue weighted by atomic mass is 9.96. The van der Waals surface area contributed by atoms with Crippen LogP contribution in [0.1, 0.15) is 19.8 Å². The summed E-state index contributed by atoms with van der Waals surface area (Å²) in [5.74, 6) is -1.73. The van der Waals surface area contributed by atoms with E-state index >= 15 is 0 Å². The van der Waals surface area contributed by atoms with Gasteiger partial charge in [-0.2, -0.15) is 0 Å². The number of carbonyl (C=O) groups excluding carboxylic acids is 2. The fourth-order valence-electron chi connectivity index (χ4n) is 2.17. The minimum absolute atomic E-state index is 0.0751. The summed E-state index contributed by atoms with van der Waals surface area (Å²) in [5, 5.41) is 11.3. The summed E-state index contributed by atoms with van der Waals surface area (Å²) >= 11 is 0. The maximum absolute atomic E-state index is 12.0. The van der Waals surface area contributed by atoms with Gasteiger partial charge in [-0.05, 0) is 12.3 Å². The Bertz CT molecular complexity index is 387. The molecular weight excluding hydrogens is 266 g/mol. The number of hydrogen-bond donors (Lipinski definition) is 3. The molecule has 3 amide bonds. The Hall–Kier alpha value is -1.83. The molecule has 0 saturated carbocycles. The topological polar surface area (TPSA) is 122 Å². The molecule has 0 bridgehead atoms. The Morgan fingerprint density at radius 1 is 1.50 bits per heavy atom. The van der Waals surface area contributed by atoms with Crippen LogP contribution < -0.4 is 11.1 Å². The summed E-state index contributed by atoms with van der Waals surface area (Å²) in [4.78, 5) is 35.2. The van der Waals surface area contributed by atoms with Crippen LogP contribution >= 0.6 is 0 Å². The van der Waals surface area contributed by atoms with Crippen LogP contribution in [-0.2, 0) is 14.3 Å². The molecule has 1 fully saturated rings. The Kier molecular flexibility index (Phi) is 5.75. The van der Waals surface area contributed by atoms with Crippen LogP contribution in [0.15, 0.2) is 0 Å². The van der Waals surface area contributed by atoms with Gasteiger partial charge in [0, 0.05) is 20.2 Å². The van der Waals surface area contributed by atoms with Gasteiger partial charge in [-0.3, -0.25) is 4.79 Å². The molecule has 1 saturated heterocycles. The van der Waals surface area contributed by atoms with E-state index < -0.39 is 30.4 Å². The zero-order chi connectivity index (χ0) is 15.3. The summed E-state index contributed by atoms with van der Waals surface area (Å²) < 4.78 is 5.29. The van der Waals surface area contributed by atoms with Crippen molar-refractivity contribution in [3.63, 3.8) is 0 Å². The molecule has 1 heterocycles. The van der Waals surface area contributed by atoms with E-state index in [1.165, 1.54) is 4.90 Å². The number of amides is 3. The largest absolute Gasteiger partial charge is 0.480 e. The van der Waals surface area contributed by atoms with Crippen LogP contribution in [0, 0.1) is 5.92 Å². The molecule has 2 unspecified atom stereocenters. The lowest BCUT2D eigenvalue weighted by Crippen LogP contribution is -2.54. The predicted octanol–water partition coefficient (Wildman–Crippen LogP) is -0.619. The number of nitrogens with one attached hydrogen (secondary N) is 1. The quantitative estimate of drug-likeness (QED) is 0.622. The number of hydrogen-bond acceptors (Lipinski definition) is 4. The molecule has 20 heavy (non-hydrogen) atoms. The molecule has 0 aromatic heterocycles. The lowest BCUT2D eigenvalue weighted by Gasteiger charge is -2.36. The van der Waals surface area contributed by atoms with Gasteiger partial charge < -0.3 is 25.8 Å². The third kappa shape index (κ3) is 4.37. The highest BCUT2D eigenvalue weighted by molar-refractivity contribution is 5.87. The Morgan fingerprint density at radius 2 is 2.15 bits per heavy atom. The third-order valence-electron chi connectivity index (χ3n) is 3.48. The molecule has 1 aliphatic rings. The van der Waals surface area contributed by atoms with Crippen molar-refractivity contribution in [2.45, 2.75) is 31.9 Å². The average molecular weight is 287 g/mol. The predicted molar refractivity (Wildman–Crippen MR) is 69.9 cm³/mol. The highest BCUT2D eigenvalue weighted by Crippen LogP contribution is 2.19. The van der Waals surface area contributed by atoms with E-state index in [4.69, 9.17) is 15.6 Å². The Labute approximate surface area is 117 Å². The number of likely N-dealkylation sites (tertiary alicyclic amines) is 1. The minimum atomic E-state index is -1.31. The molecule has 1 rings (SSSR count). The maximum Gasteiger partial charge on any atom is 0.326 e. The first-order valence-electron chi connectivity index (χ1n) is 6.44. The van der Waals surface area contributed by atoms with E-state index in [0.717, 1.165) is 6.42 Å². The number of piperidine rings is 1. The summed E-state index contributed by atoms with van der Waals surface area (Å²) in [7, 11) is 1.58. The molecule has 0 aromatic carbocycles. The van der Waals surface area contributed by atoms with Crippen molar-refractivity contribution in [1.82, 2.24) is 10.2 Å². The second-order valence-electron chi connectivity index (χ2n) is 5.00. The van der Waals surface area contributed by atoms with Crippen LogP contribution in [-0.4, -0.2) is 60.3 Å². The van der Waals surface area contributed by atoms with Crippen molar-refractivity contribution in [2.75, 3.05) is 20.2 Å². The summed E-state index contributed by atoms with van der Waals surface area (Å²) in [5.41, 5.74) is 4.96. The van der Waals surface area contributed by atoms with E-state index in [9.17, 15) is 14.4 Å². The average Bonchev–Trinajstić information content (AvgIpc) is 2.37. The van der Waals surface area contributed by atoms with Crippen LogP contribution in [0.2, 0.25) is 0 Å². The zero-order valence-corrected chi connectivity index (χ0v) is 11.7. The van der Waals surface area contributed by atoms with Gasteiger partial charge in [0.1, 0.15) is 6.04 Å². The first-order valence-corrected chi connectivity index (χ1v) is 6.44. The second-order valence-corrected chi connectivity index (χ2v) is 5.00. The van der Waals surface area contributed by atoms with Crippen molar-refractivity contribution >= 4 is 17.9 Å². The Morgan fingerprint density at radius 3 is 2.65 bits per heavy atom. The zero-order valence-electron chi connectivity index (χ0n) is 11.7. The summed E-state index contributed by atoms with van der Waals surface area (Å²) in [6.45, 7) is 2.96. The number of rotatable bonds is 5. The standard InChI is InChI=1S/C12H21N3O5/c1-7-3-4-15(6-9(7)20-2)12(19)14-8(11(17)18)5-10(13)16/h7-9H,3-6H2,1-2H3,(H2,13,16)(H,14,19)(H,17,18)/t7?,8-,9?/m0/s1. The van der Waals surface area contributed by atoms with Crippen LogP contribution in [0.3, 0.4) is 0 Å². The summed E-state index contributed by atoms with van der Waals surface area (Å²) in [6.07, 6.45) is 0.271. The molecule has 114 valence electrons. The first-order chi connectivity index (χ1) is 9.35. The van der Waals surface area contributed by atoms with Gasteiger partial charge in [0.2, 0.25) is 5.91 Å². The number of nitrogens with two attached hydrogens (primary N) is 1. The number of aliphatic carboxylic acids is 1. The SMILES string of the molecule is COC1CN(C(=O)N[C@@H](CC(N)=O)C(=O)O)CCC1C. The van der Waals surface area contributed by atoms with Crippen molar-refractivity contribution in [3.8, 4) is 0 Å². The number of carbonyl (C=O) groups is 3. The number of nitrogens with zero attached hydrogens (tertiary/aromatic N) is 1. The van der Waals surface area contributed by atoms with E-state index in [0.29, 0.717) is 19.0 Å². The van der Waals surface area contributed by atoms with Gasteiger partial charge >= 0.3 is 12.0 Å². The molecule has 4 N–H and O–H groups in total. The van der Waals surface area contributed by atoms with E-state index in [1.807, 2.05) is 6.92 Å². The fraction of sp³-hybridized carbons (Fsp3) is 0.750. The van der Waals surface area contributed by atoms with Gasteiger partial charge in [-0.25, -0.2) is 9.59 Å². The van der Waals surface area contributed by atoms with Crippen molar-refractivity contribution in [1.29, 1.82) is 0 Å². The molecular formula is C12H21N3O5. The number of methoxy groups -OCH3 is 1. The first kappa shape index (κ1) is 16.2. The lowest BCUT2D eigenvalue weighted by molar-refractivity contribution is -0.141. The van der Waals surface area contributed by atoms with Crippen LogP contribution in [0.5, 0.6) is 0 Å². The third-order valence-corrected chi connectivity index (χ3v) is 3.48. The monoisotopic (exact) mass is 287 g/mol. The van der Waals surface area contributed by atoms with E-state index in [2.05, 4.69) is 5.32 Å². The Balaban J connectivity index is 2.60. The van der Waals surface area contributed by atoms with Crippen molar-refractivity contribution in [2.24, 2.45) is 11.7 Å². The van der Waals surface area contributed by atoms with Gasteiger partial charge in [0.15, 0.2) is 0 Å². The van der Waals surface area contributed by atoms with Gasteiger partial charge in [-0.1, -0.05) is 6.92 Å². The minimum Gasteiger partial charge on any atom is -0.480 e. The normalized spacial score (nSPS) is 24.0. The number of carboxylic acid groups (broad SMARTS) is 1. The number of ether oxygens (including phenoxy) is 1. The van der Waals surface area contributed by atoms with Crippen LogP contribution in [0.4, 0.5) is 4.79 Å². The molecule has 0 spiro atoms. The van der Waals surface area contributed by atoms with Gasteiger partial charge in [0.25, 0.3) is 0 Å². The van der Waals surface area contributed by atoms with Crippen molar-refractivity contribution < 1.29 is 24.2 Å². The van der Waals surface area contributed by atoms with E-state index in [1.54, 1.807) is 7.11 Å². The highest BCUT2D eigenvalue weighted by atomic mass is 16.5. The fourth-order valence-corrected chi connectivity index (χ4v) is 2.17. The molecule has 3 atom stereocenters. The van der Waals surface area contributed by atoms with E-state index in [-0.39, 0.29) is 6.10 Å². The summed E-state index contributed by atoms with van der Waals surface area (Å²) in [6, 6.07) is -1.83. The molecule has 1 aliphatic heterocycles. The molecule has 0 aromatic rings. The molecule has 8 heteroatoms. The number of carboxylic acids is 1. The molecule has 0 radical (unpaired) electrons. The highest BCUT2D eigenvalue weighted by Gasteiger charge is 2.31. The maximum atomic E-state index is 12.0. The second kappa shape index (κ2) is 7.09.